The SMILES string of the molecule is O=C(C=Cc1ccc(N(c2ccccc2)c2ccccc2)cc1)c1ccc(Cl)cc1. The van der Waals surface area contributed by atoms with Crippen molar-refractivity contribution < 1.29 is 4.79 Å². The van der Waals surface area contributed by atoms with Crippen molar-refractivity contribution in [2.45, 2.75) is 0 Å². The molecule has 0 atom stereocenters. The Hall–Kier alpha value is -3.62. The molecule has 0 heterocycles. The van der Waals surface area contributed by atoms with Crippen LogP contribution in [0, 0.1) is 0 Å². The normalized spacial score (nSPS) is 10.8. The minimum Gasteiger partial charge on any atom is -0.311 e. The third-order valence-corrected chi connectivity index (χ3v) is 4.99. The van der Waals surface area contributed by atoms with Crippen LogP contribution in [0.2, 0.25) is 5.02 Å². The zero-order valence-corrected chi connectivity index (χ0v) is 17.0. The predicted octanol–water partition coefficient (Wildman–Crippen LogP) is 7.71. The van der Waals surface area contributed by atoms with Crippen LogP contribution < -0.4 is 4.90 Å². The lowest BCUT2D eigenvalue weighted by Crippen LogP contribution is -2.09. The highest BCUT2D eigenvalue weighted by molar-refractivity contribution is 6.30. The molecule has 0 N–H and O–H groups in total. The predicted molar refractivity (Wildman–Crippen MR) is 126 cm³/mol. The molecule has 3 heteroatoms. The molecule has 0 radical (unpaired) electrons. The van der Waals surface area contributed by atoms with Crippen molar-refractivity contribution in [3.63, 3.8) is 0 Å². The van der Waals surface area contributed by atoms with Gasteiger partial charge in [0.15, 0.2) is 5.78 Å². The Balaban J connectivity index is 1.58. The average Bonchev–Trinajstić information content (AvgIpc) is 2.80. The van der Waals surface area contributed by atoms with Crippen molar-refractivity contribution >= 4 is 40.5 Å². The van der Waals surface area contributed by atoms with Gasteiger partial charge in [-0.15, -0.1) is 0 Å². The molecule has 146 valence electrons. The van der Waals surface area contributed by atoms with Gasteiger partial charge in [-0.1, -0.05) is 66.2 Å². The van der Waals surface area contributed by atoms with Crippen molar-refractivity contribution in [3.05, 3.63) is 131 Å². The summed E-state index contributed by atoms with van der Waals surface area (Å²) < 4.78 is 0. The van der Waals surface area contributed by atoms with Crippen LogP contribution in [-0.2, 0) is 0 Å². The number of benzene rings is 4. The van der Waals surface area contributed by atoms with E-state index in [9.17, 15) is 4.79 Å². The van der Waals surface area contributed by atoms with Crippen LogP contribution in [-0.4, -0.2) is 5.78 Å². The summed E-state index contributed by atoms with van der Waals surface area (Å²) >= 11 is 5.88. The smallest absolute Gasteiger partial charge is 0.185 e. The fourth-order valence-electron chi connectivity index (χ4n) is 3.22. The van der Waals surface area contributed by atoms with Gasteiger partial charge in [-0.2, -0.15) is 0 Å². The van der Waals surface area contributed by atoms with E-state index in [1.165, 1.54) is 0 Å². The Labute approximate surface area is 181 Å². The molecule has 0 aliphatic carbocycles. The van der Waals surface area contributed by atoms with E-state index in [0.717, 1.165) is 22.6 Å². The monoisotopic (exact) mass is 409 g/mol. The lowest BCUT2D eigenvalue weighted by molar-refractivity contribution is 0.104. The number of anilines is 3. The van der Waals surface area contributed by atoms with Gasteiger partial charge in [-0.05, 0) is 72.3 Å². The third-order valence-electron chi connectivity index (χ3n) is 4.74. The number of carbonyl (C=O) groups excluding carboxylic acids is 1. The second kappa shape index (κ2) is 9.25. The highest BCUT2D eigenvalue weighted by Gasteiger charge is 2.11. The summed E-state index contributed by atoms with van der Waals surface area (Å²) in [7, 11) is 0. The fourth-order valence-corrected chi connectivity index (χ4v) is 3.34. The van der Waals surface area contributed by atoms with Gasteiger partial charge in [0.2, 0.25) is 0 Å². The summed E-state index contributed by atoms with van der Waals surface area (Å²) in [5, 5.41) is 0.618. The average molecular weight is 410 g/mol. The second-order valence-corrected chi connectivity index (χ2v) is 7.24. The topological polar surface area (TPSA) is 20.3 Å². The Bertz CT molecular complexity index is 1100. The summed E-state index contributed by atoms with van der Waals surface area (Å²) in [4.78, 5) is 14.5. The molecule has 0 fully saturated rings. The highest BCUT2D eigenvalue weighted by atomic mass is 35.5. The van der Waals surface area contributed by atoms with Gasteiger partial charge >= 0.3 is 0 Å². The van der Waals surface area contributed by atoms with E-state index in [1.807, 2.05) is 54.6 Å². The van der Waals surface area contributed by atoms with Crippen LogP contribution in [0.1, 0.15) is 15.9 Å². The number of allylic oxidation sites excluding steroid dienone is 1. The van der Waals surface area contributed by atoms with Crippen molar-refractivity contribution in [2.24, 2.45) is 0 Å². The van der Waals surface area contributed by atoms with Gasteiger partial charge in [-0.3, -0.25) is 4.79 Å². The Kier molecular flexibility index (Phi) is 6.07. The van der Waals surface area contributed by atoms with Crippen LogP contribution in [0.15, 0.2) is 115 Å². The first-order chi connectivity index (χ1) is 14.7. The first-order valence-electron chi connectivity index (χ1n) is 9.69. The van der Waals surface area contributed by atoms with Gasteiger partial charge < -0.3 is 4.90 Å². The minimum atomic E-state index is -0.0501. The maximum Gasteiger partial charge on any atom is 0.185 e. The number of ketones is 1. The number of hydrogen-bond donors (Lipinski definition) is 0. The number of halogens is 1. The molecule has 4 aromatic carbocycles. The van der Waals surface area contributed by atoms with Crippen molar-refractivity contribution in [1.82, 2.24) is 0 Å². The maximum atomic E-state index is 12.3. The number of carbonyl (C=O) groups is 1. The summed E-state index contributed by atoms with van der Waals surface area (Å²) in [5.41, 5.74) is 4.80. The van der Waals surface area contributed by atoms with Gasteiger partial charge in [0.25, 0.3) is 0 Å². The fraction of sp³-hybridized carbons (Fsp3) is 0. The first kappa shape index (κ1) is 19.7. The van der Waals surface area contributed by atoms with E-state index >= 15 is 0 Å². The molecule has 0 spiro atoms. The largest absolute Gasteiger partial charge is 0.311 e. The molecular weight excluding hydrogens is 390 g/mol. The van der Waals surface area contributed by atoms with Crippen LogP contribution in [0.4, 0.5) is 17.1 Å². The maximum absolute atomic E-state index is 12.3. The Morgan fingerprint density at radius 1 is 0.633 bits per heavy atom. The molecule has 0 saturated heterocycles. The van der Waals surface area contributed by atoms with E-state index in [2.05, 4.69) is 41.3 Å². The van der Waals surface area contributed by atoms with Crippen LogP contribution in [0.25, 0.3) is 6.08 Å². The van der Waals surface area contributed by atoms with Gasteiger partial charge in [0, 0.05) is 27.6 Å². The summed E-state index contributed by atoms with van der Waals surface area (Å²) in [6.45, 7) is 0. The summed E-state index contributed by atoms with van der Waals surface area (Å²) in [6.07, 6.45) is 3.42. The lowest BCUT2D eigenvalue weighted by Gasteiger charge is -2.25. The zero-order valence-electron chi connectivity index (χ0n) is 16.3. The number of rotatable bonds is 6. The number of nitrogens with zero attached hydrogens (tertiary/aromatic N) is 1. The van der Waals surface area contributed by atoms with Crippen molar-refractivity contribution in [3.8, 4) is 0 Å². The van der Waals surface area contributed by atoms with Crippen LogP contribution >= 0.6 is 11.6 Å². The molecule has 0 saturated carbocycles. The van der Waals surface area contributed by atoms with E-state index in [4.69, 9.17) is 11.6 Å². The molecule has 0 aliphatic rings. The van der Waals surface area contributed by atoms with Crippen molar-refractivity contribution in [1.29, 1.82) is 0 Å². The summed E-state index contributed by atoms with van der Waals surface area (Å²) in [6, 6.07) is 35.6. The van der Waals surface area contributed by atoms with E-state index in [0.29, 0.717) is 10.6 Å². The molecular formula is C27H20ClNO. The Morgan fingerprint density at radius 3 is 1.67 bits per heavy atom. The Morgan fingerprint density at radius 2 is 1.13 bits per heavy atom. The van der Waals surface area contributed by atoms with Crippen molar-refractivity contribution in [2.75, 3.05) is 4.90 Å². The molecule has 30 heavy (non-hydrogen) atoms. The van der Waals surface area contributed by atoms with E-state index < -0.39 is 0 Å². The number of para-hydroxylation sites is 2. The molecule has 0 aliphatic heterocycles. The molecule has 0 bridgehead atoms. The highest BCUT2D eigenvalue weighted by Crippen LogP contribution is 2.34. The van der Waals surface area contributed by atoms with E-state index in [-0.39, 0.29) is 5.78 Å². The summed E-state index contributed by atoms with van der Waals surface area (Å²) in [5.74, 6) is -0.0501. The molecule has 0 unspecified atom stereocenters. The standard InChI is InChI=1S/C27H20ClNO/c28-23-16-14-22(15-17-23)27(30)20-13-21-11-18-26(19-12-21)29(24-7-3-1-4-8-24)25-9-5-2-6-10-25/h1-20H. The van der Waals surface area contributed by atoms with Gasteiger partial charge in [0.1, 0.15) is 0 Å². The van der Waals surface area contributed by atoms with Gasteiger partial charge in [-0.25, -0.2) is 0 Å². The first-order valence-corrected chi connectivity index (χ1v) is 10.1. The third kappa shape index (κ3) is 4.68. The molecule has 2 nitrogen and oxygen atoms in total. The second-order valence-electron chi connectivity index (χ2n) is 6.80. The lowest BCUT2D eigenvalue weighted by atomic mass is 10.1. The van der Waals surface area contributed by atoms with Crippen LogP contribution in [0.5, 0.6) is 0 Å². The molecule has 0 aromatic heterocycles. The zero-order chi connectivity index (χ0) is 20.8. The minimum absolute atomic E-state index is 0.0501. The quantitative estimate of drug-likeness (QED) is 0.240. The van der Waals surface area contributed by atoms with Crippen LogP contribution in [0.3, 0.4) is 0 Å². The van der Waals surface area contributed by atoms with E-state index in [1.54, 1.807) is 30.3 Å². The van der Waals surface area contributed by atoms with Gasteiger partial charge in [0.05, 0.1) is 0 Å². The molecule has 4 rings (SSSR count). The number of hydrogen-bond acceptors (Lipinski definition) is 2. The molecule has 4 aromatic rings. The molecule has 0 amide bonds.